The van der Waals surface area contributed by atoms with Gasteiger partial charge in [0.15, 0.2) is 0 Å². The van der Waals surface area contributed by atoms with Crippen LogP contribution in [-0.2, 0) is 0 Å². The Morgan fingerprint density at radius 3 is 2.72 bits per heavy atom. The van der Waals surface area contributed by atoms with Crippen LogP contribution in [0.5, 0.6) is 5.75 Å². The summed E-state index contributed by atoms with van der Waals surface area (Å²) in [5.41, 5.74) is -5.78. The van der Waals surface area contributed by atoms with Crippen LogP contribution in [0.25, 0.3) is 0 Å². The van der Waals surface area contributed by atoms with Crippen molar-refractivity contribution < 1.29 is 23.0 Å². The van der Waals surface area contributed by atoms with Crippen LogP contribution in [0.1, 0.15) is 25.5 Å². The number of aliphatic hydroxyl groups is 1. The second kappa shape index (κ2) is 6.06. The quantitative estimate of drug-likeness (QED) is 0.821. The van der Waals surface area contributed by atoms with Crippen molar-refractivity contribution >= 4 is 11.8 Å². The van der Waals surface area contributed by atoms with Crippen LogP contribution < -0.4 is 10.4 Å². The number of aliphatic hydroxyl groups excluding tert-OH is 1. The van der Waals surface area contributed by atoms with Gasteiger partial charge in [0.25, 0.3) is 0 Å². The number of rotatable bonds is 2. The molecule has 0 radical (unpaired) electrons. The Labute approximate surface area is 145 Å². The second-order valence-electron chi connectivity index (χ2n) is 6.15. The summed E-state index contributed by atoms with van der Waals surface area (Å²) in [6.45, 7) is 3.29. The molecule has 1 aliphatic heterocycles. The number of thioether (sulfide) groups is 1. The lowest BCUT2D eigenvalue weighted by atomic mass is 9.86. The third-order valence-electron chi connectivity index (χ3n) is 3.96. The number of hydrogen-bond acceptors (Lipinski definition) is 5. The number of benzene rings is 1. The van der Waals surface area contributed by atoms with Gasteiger partial charge in [-0.3, -0.25) is 4.57 Å². The Hall–Kier alpha value is -2.00. The fraction of sp³-hybridized carbons (Fsp3) is 0.375. The third kappa shape index (κ3) is 3.52. The molecule has 0 aliphatic carbocycles. The molecular weight excluding hydrogens is 357 g/mol. The first kappa shape index (κ1) is 17.8. The summed E-state index contributed by atoms with van der Waals surface area (Å²) in [7, 11) is 0. The van der Waals surface area contributed by atoms with Gasteiger partial charge in [-0.25, -0.2) is 9.78 Å². The molecule has 1 aliphatic rings. The SMILES string of the molecule is CC1(C)Oc2ccc(SC(F)(F)F)cc2[C@@H](n2cccnc2=O)[C@@H]1O. The van der Waals surface area contributed by atoms with Gasteiger partial charge in [0.1, 0.15) is 17.5 Å². The number of ether oxygens (including phenoxy) is 1. The van der Waals surface area contributed by atoms with Gasteiger partial charge in [0.05, 0.1) is 6.04 Å². The number of fused-ring (bicyclic) bond motifs is 1. The molecule has 1 aromatic heterocycles. The average molecular weight is 372 g/mol. The zero-order valence-electron chi connectivity index (χ0n) is 13.3. The van der Waals surface area contributed by atoms with Gasteiger partial charge in [0, 0.05) is 22.9 Å². The topological polar surface area (TPSA) is 64.4 Å². The van der Waals surface area contributed by atoms with Gasteiger partial charge in [-0.2, -0.15) is 13.2 Å². The summed E-state index contributed by atoms with van der Waals surface area (Å²) in [4.78, 5) is 15.7. The van der Waals surface area contributed by atoms with E-state index in [0.717, 1.165) is 0 Å². The molecular formula is C16H15F3N2O3S. The van der Waals surface area contributed by atoms with Gasteiger partial charge in [0.2, 0.25) is 0 Å². The largest absolute Gasteiger partial charge is 0.485 e. The van der Waals surface area contributed by atoms with E-state index in [1.807, 2.05) is 0 Å². The maximum atomic E-state index is 12.7. The molecule has 1 N–H and O–H groups in total. The zero-order chi connectivity index (χ0) is 18.4. The Bertz CT molecular complexity index is 851. The minimum Gasteiger partial charge on any atom is -0.485 e. The fourth-order valence-electron chi connectivity index (χ4n) is 2.82. The predicted octanol–water partition coefficient (Wildman–Crippen LogP) is 2.98. The molecule has 0 bridgehead atoms. The molecule has 3 rings (SSSR count). The molecule has 1 aromatic carbocycles. The van der Waals surface area contributed by atoms with Crippen LogP contribution in [0.3, 0.4) is 0 Å². The molecule has 9 heteroatoms. The van der Waals surface area contributed by atoms with Crippen LogP contribution in [0.15, 0.2) is 46.3 Å². The van der Waals surface area contributed by atoms with E-state index < -0.39 is 28.9 Å². The lowest BCUT2D eigenvalue weighted by Crippen LogP contribution is -2.52. The maximum Gasteiger partial charge on any atom is 0.446 e. The molecule has 0 amide bonds. The van der Waals surface area contributed by atoms with E-state index in [1.54, 1.807) is 13.8 Å². The van der Waals surface area contributed by atoms with Crippen LogP contribution >= 0.6 is 11.8 Å². The minimum atomic E-state index is -4.44. The van der Waals surface area contributed by atoms with Crippen molar-refractivity contribution in [3.8, 4) is 5.75 Å². The number of nitrogens with zero attached hydrogens (tertiary/aromatic N) is 2. The van der Waals surface area contributed by atoms with Crippen molar-refractivity contribution in [1.29, 1.82) is 0 Å². The van der Waals surface area contributed by atoms with E-state index in [2.05, 4.69) is 4.98 Å². The van der Waals surface area contributed by atoms with Crippen molar-refractivity contribution in [2.45, 2.75) is 42.0 Å². The molecule has 2 aromatic rings. The normalized spacial score (nSPS) is 22.2. The average Bonchev–Trinajstić information content (AvgIpc) is 2.49. The van der Waals surface area contributed by atoms with Crippen molar-refractivity contribution in [3.05, 3.63) is 52.7 Å². The number of aromatic nitrogens is 2. The first-order valence-electron chi connectivity index (χ1n) is 7.38. The van der Waals surface area contributed by atoms with Crippen molar-refractivity contribution in [2.75, 3.05) is 0 Å². The van der Waals surface area contributed by atoms with Crippen LogP contribution in [0.4, 0.5) is 13.2 Å². The molecule has 2 heterocycles. The Kier molecular flexibility index (Phi) is 4.32. The molecule has 0 saturated carbocycles. The predicted molar refractivity (Wildman–Crippen MR) is 85.7 cm³/mol. The first-order chi connectivity index (χ1) is 11.6. The summed E-state index contributed by atoms with van der Waals surface area (Å²) in [5, 5.41) is 10.7. The van der Waals surface area contributed by atoms with Gasteiger partial charge in [-0.1, -0.05) is 0 Å². The zero-order valence-corrected chi connectivity index (χ0v) is 14.1. The molecule has 5 nitrogen and oxygen atoms in total. The van der Waals surface area contributed by atoms with E-state index in [4.69, 9.17) is 4.74 Å². The molecule has 0 fully saturated rings. The van der Waals surface area contributed by atoms with Crippen LogP contribution in [-0.4, -0.2) is 31.9 Å². The van der Waals surface area contributed by atoms with Gasteiger partial charge in [-0.15, -0.1) is 0 Å². The number of hydrogen-bond donors (Lipinski definition) is 1. The lowest BCUT2D eigenvalue weighted by Gasteiger charge is -2.42. The highest BCUT2D eigenvalue weighted by Gasteiger charge is 2.44. The van der Waals surface area contributed by atoms with Gasteiger partial charge in [-0.05, 0) is 49.9 Å². The van der Waals surface area contributed by atoms with Gasteiger partial charge >= 0.3 is 11.2 Å². The molecule has 25 heavy (non-hydrogen) atoms. The fourth-order valence-corrected chi connectivity index (χ4v) is 3.41. The number of halogens is 3. The number of alkyl halides is 3. The molecule has 0 unspecified atom stereocenters. The summed E-state index contributed by atoms with van der Waals surface area (Å²) in [6.07, 6.45) is 1.60. The summed E-state index contributed by atoms with van der Waals surface area (Å²) in [6, 6.07) is 4.62. The Balaban J connectivity index is 2.16. The Morgan fingerprint density at radius 2 is 2.08 bits per heavy atom. The summed E-state index contributed by atoms with van der Waals surface area (Å²) < 4.78 is 45.0. The Morgan fingerprint density at radius 1 is 1.36 bits per heavy atom. The standard InChI is InChI=1S/C16H15F3N2O3S/c1-15(2)13(22)12(21-7-3-6-20-14(21)23)10-8-9(25-16(17,18)19)4-5-11(10)24-15/h3-8,12-13,22H,1-2H3/t12-,13+/m1/s1. The highest BCUT2D eigenvalue weighted by Crippen LogP contribution is 2.45. The molecule has 0 saturated heterocycles. The summed E-state index contributed by atoms with van der Waals surface area (Å²) >= 11 is -0.264. The van der Waals surface area contributed by atoms with E-state index in [9.17, 15) is 23.1 Å². The lowest BCUT2D eigenvalue weighted by molar-refractivity contribution is -0.0646. The third-order valence-corrected chi connectivity index (χ3v) is 4.68. The highest BCUT2D eigenvalue weighted by molar-refractivity contribution is 8.00. The van der Waals surface area contributed by atoms with E-state index in [0.29, 0.717) is 11.3 Å². The molecule has 134 valence electrons. The van der Waals surface area contributed by atoms with Gasteiger partial charge < -0.3 is 9.84 Å². The van der Waals surface area contributed by atoms with Crippen molar-refractivity contribution in [2.24, 2.45) is 0 Å². The maximum absolute atomic E-state index is 12.7. The van der Waals surface area contributed by atoms with Crippen molar-refractivity contribution in [1.82, 2.24) is 9.55 Å². The van der Waals surface area contributed by atoms with E-state index >= 15 is 0 Å². The van der Waals surface area contributed by atoms with Crippen molar-refractivity contribution in [3.63, 3.8) is 0 Å². The smallest absolute Gasteiger partial charge is 0.446 e. The van der Waals surface area contributed by atoms with E-state index in [1.165, 1.54) is 41.2 Å². The van der Waals surface area contributed by atoms with Crippen LogP contribution in [0, 0.1) is 0 Å². The highest BCUT2D eigenvalue weighted by atomic mass is 32.2. The monoisotopic (exact) mass is 372 g/mol. The van der Waals surface area contributed by atoms with E-state index in [-0.39, 0.29) is 16.7 Å². The molecule has 2 atom stereocenters. The first-order valence-corrected chi connectivity index (χ1v) is 8.20. The van der Waals surface area contributed by atoms with Crippen LogP contribution in [0.2, 0.25) is 0 Å². The second-order valence-corrected chi connectivity index (χ2v) is 7.29. The minimum absolute atomic E-state index is 0.0521. The molecule has 0 spiro atoms. The summed E-state index contributed by atoms with van der Waals surface area (Å²) in [5.74, 6) is 0.322.